The lowest BCUT2D eigenvalue weighted by molar-refractivity contribution is -0.137. The zero-order valence-corrected chi connectivity index (χ0v) is 12.9. The minimum atomic E-state index is -0.843. The van der Waals surface area contributed by atoms with E-state index in [-0.39, 0.29) is 22.9 Å². The molecule has 23 heavy (non-hydrogen) atoms. The van der Waals surface area contributed by atoms with Crippen molar-refractivity contribution >= 4 is 17.6 Å². The van der Waals surface area contributed by atoms with Crippen molar-refractivity contribution in [3.05, 3.63) is 28.4 Å². The third-order valence-electron chi connectivity index (χ3n) is 3.87. The van der Waals surface area contributed by atoms with E-state index in [4.69, 9.17) is 21.2 Å². The fourth-order valence-corrected chi connectivity index (χ4v) is 2.82. The fourth-order valence-electron chi connectivity index (χ4n) is 2.66. The molecule has 2 heterocycles. The Balaban J connectivity index is 1.91. The van der Waals surface area contributed by atoms with Gasteiger partial charge in [0.1, 0.15) is 11.5 Å². The molecule has 0 aliphatic carbocycles. The third kappa shape index (κ3) is 3.11. The number of rotatable bonds is 4. The molecule has 1 aromatic carbocycles. The average molecular weight is 339 g/mol. The van der Waals surface area contributed by atoms with Gasteiger partial charge in [0.15, 0.2) is 5.76 Å². The topological polar surface area (TPSA) is 107 Å². The molecule has 3 rings (SSSR count). The molecular formula is C15H15ClN2O5. The maximum absolute atomic E-state index is 10.7. The van der Waals surface area contributed by atoms with Crippen LogP contribution in [0.15, 0.2) is 16.7 Å². The molecule has 0 bridgehead atoms. The number of halogens is 1. The number of phenolic OH excluding ortho intramolecular Hbond substituents is 2. The SMILES string of the molecule is O=C(O)CCN1CCc2noc(-c3cc(Cl)c(O)cc3O)c2C1. The Kier molecular flexibility index (Phi) is 4.14. The van der Waals surface area contributed by atoms with Crippen LogP contribution in [0.25, 0.3) is 11.3 Å². The van der Waals surface area contributed by atoms with Gasteiger partial charge in [-0.2, -0.15) is 0 Å². The van der Waals surface area contributed by atoms with Gasteiger partial charge in [-0.3, -0.25) is 9.69 Å². The molecule has 1 aliphatic heterocycles. The van der Waals surface area contributed by atoms with Gasteiger partial charge in [-0.05, 0) is 6.07 Å². The van der Waals surface area contributed by atoms with E-state index in [9.17, 15) is 15.0 Å². The van der Waals surface area contributed by atoms with Gasteiger partial charge in [-0.15, -0.1) is 0 Å². The van der Waals surface area contributed by atoms with Crippen LogP contribution < -0.4 is 0 Å². The zero-order valence-electron chi connectivity index (χ0n) is 12.1. The van der Waals surface area contributed by atoms with Crippen LogP contribution in [0.2, 0.25) is 5.02 Å². The lowest BCUT2D eigenvalue weighted by Gasteiger charge is -2.25. The van der Waals surface area contributed by atoms with Crippen LogP contribution in [0.5, 0.6) is 11.5 Å². The number of carboxylic acids is 1. The summed E-state index contributed by atoms with van der Waals surface area (Å²) in [6.07, 6.45) is 0.706. The molecular weight excluding hydrogens is 324 g/mol. The molecule has 7 nitrogen and oxygen atoms in total. The Morgan fingerprint density at radius 3 is 2.87 bits per heavy atom. The van der Waals surface area contributed by atoms with Crippen LogP contribution >= 0.6 is 11.6 Å². The van der Waals surface area contributed by atoms with Crippen LogP contribution in [0.3, 0.4) is 0 Å². The summed E-state index contributed by atoms with van der Waals surface area (Å²) in [6.45, 7) is 1.62. The molecule has 122 valence electrons. The van der Waals surface area contributed by atoms with E-state index < -0.39 is 5.97 Å². The van der Waals surface area contributed by atoms with Crippen molar-refractivity contribution in [1.82, 2.24) is 10.1 Å². The van der Waals surface area contributed by atoms with E-state index in [1.54, 1.807) is 0 Å². The molecule has 0 unspecified atom stereocenters. The highest BCUT2D eigenvalue weighted by atomic mass is 35.5. The van der Waals surface area contributed by atoms with Gasteiger partial charge < -0.3 is 19.8 Å². The van der Waals surface area contributed by atoms with Gasteiger partial charge in [0.25, 0.3) is 0 Å². The molecule has 0 radical (unpaired) electrons. The zero-order chi connectivity index (χ0) is 16.6. The summed E-state index contributed by atoms with van der Waals surface area (Å²) in [5.41, 5.74) is 1.94. The van der Waals surface area contributed by atoms with E-state index in [1.807, 2.05) is 4.90 Å². The number of phenols is 2. The van der Waals surface area contributed by atoms with Crippen molar-refractivity contribution in [3.8, 4) is 22.8 Å². The summed E-state index contributed by atoms with van der Waals surface area (Å²) in [4.78, 5) is 12.7. The lowest BCUT2D eigenvalue weighted by Crippen LogP contribution is -2.32. The van der Waals surface area contributed by atoms with Gasteiger partial charge >= 0.3 is 5.97 Å². The summed E-state index contributed by atoms with van der Waals surface area (Å²) in [5.74, 6) is -0.832. The van der Waals surface area contributed by atoms with E-state index in [1.165, 1.54) is 6.07 Å². The Morgan fingerprint density at radius 1 is 1.35 bits per heavy atom. The normalized spacial score (nSPS) is 14.7. The van der Waals surface area contributed by atoms with Crippen LogP contribution in [-0.4, -0.2) is 44.4 Å². The average Bonchev–Trinajstić information content (AvgIpc) is 2.92. The predicted molar refractivity (Wildman–Crippen MR) is 81.5 cm³/mol. The quantitative estimate of drug-likeness (QED) is 0.784. The number of hydrogen-bond acceptors (Lipinski definition) is 6. The van der Waals surface area contributed by atoms with Gasteiger partial charge in [0.2, 0.25) is 0 Å². The predicted octanol–water partition coefficient (Wildman–Crippen LogP) is 2.24. The Labute approximate surface area is 136 Å². The van der Waals surface area contributed by atoms with Crippen LogP contribution in [0.1, 0.15) is 17.7 Å². The van der Waals surface area contributed by atoms with Crippen molar-refractivity contribution in [2.24, 2.45) is 0 Å². The second-order valence-corrected chi connectivity index (χ2v) is 5.83. The van der Waals surface area contributed by atoms with E-state index in [0.717, 1.165) is 17.3 Å². The molecule has 0 saturated carbocycles. The molecule has 1 aromatic heterocycles. The van der Waals surface area contributed by atoms with Crippen LogP contribution in [0, 0.1) is 0 Å². The molecule has 3 N–H and O–H groups in total. The Hall–Kier alpha value is -2.25. The largest absolute Gasteiger partial charge is 0.507 e. The van der Waals surface area contributed by atoms with Crippen LogP contribution in [-0.2, 0) is 17.8 Å². The first kappa shape index (κ1) is 15.6. The smallest absolute Gasteiger partial charge is 0.304 e. The highest BCUT2D eigenvalue weighted by Crippen LogP contribution is 2.40. The maximum Gasteiger partial charge on any atom is 0.304 e. The summed E-state index contributed by atoms with van der Waals surface area (Å²) in [7, 11) is 0. The van der Waals surface area contributed by atoms with Gasteiger partial charge in [0, 0.05) is 37.7 Å². The van der Waals surface area contributed by atoms with E-state index >= 15 is 0 Å². The first-order valence-corrected chi connectivity index (χ1v) is 7.47. The first-order chi connectivity index (χ1) is 11.0. The standard InChI is InChI=1S/C15H15ClN2O5/c16-10-5-8(12(19)6-13(10)20)15-9-7-18(4-2-14(21)22)3-1-11(9)17-23-15/h5-6,19-20H,1-4,7H2,(H,21,22). The number of hydrogen-bond donors (Lipinski definition) is 3. The molecule has 0 amide bonds. The number of aromatic nitrogens is 1. The molecule has 0 atom stereocenters. The highest BCUT2D eigenvalue weighted by Gasteiger charge is 2.26. The second-order valence-electron chi connectivity index (χ2n) is 5.43. The Morgan fingerprint density at radius 2 is 2.13 bits per heavy atom. The molecule has 1 aliphatic rings. The van der Waals surface area contributed by atoms with Gasteiger partial charge in [-0.25, -0.2) is 0 Å². The van der Waals surface area contributed by atoms with E-state index in [2.05, 4.69) is 5.16 Å². The molecule has 8 heteroatoms. The number of fused-ring (bicyclic) bond motifs is 1. The van der Waals surface area contributed by atoms with Gasteiger partial charge in [0.05, 0.1) is 22.7 Å². The van der Waals surface area contributed by atoms with Crippen molar-refractivity contribution in [3.63, 3.8) is 0 Å². The maximum atomic E-state index is 10.7. The molecule has 2 aromatic rings. The lowest BCUT2D eigenvalue weighted by atomic mass is 10.0. The third-order valence-corrected chi connectivity index (χ3v) is 4.17. The number of aromatic hydroxyl groups is 2. The molecule has 0 spiro atoms. The number of benzene rings is 1. The number of aliphatic carboxylic acids is 1. The fraction of sp³-hybridized carbons (Fsp3) is 0.333. The number of nitrogens with zero attached hydrogens (tertiary/aromatic N) is 2. The summed E-state index contributed by atoms with van der Waals surface area (Å²) < 4.78 is 5.36. The van der Waals surface area contributed by atoms with Crippen molar-refractivity contribution in [2.45, 2.75) is 19.4 Å². The number of carboxylic acid groups (broad SMARTS) is 1. The highest BCUT2D eigenvalue weighted by molar-refractivity contribution is 6.32. The molecule has 0 saturated heterocycles. The van der Waals surface area contributed by atoms with Crippen molar-refractivity contribution < 1.29 is 24.6 Å². The van der Waals surface area contributed by atoms with E-state index in [0.29, 0.717) is 37.4 Å². The molecule has 0 fully saturated rings. The summed E-state index contributed by atoms with van der Waals surface area (Å²) >= 11 is 5.90. The Bertz CT molecular complexity index is 759. The summed E-state index contributed by atoms with van der Waals surface area (Å²) in [5, 5.41) is 32.5. The summed E-state index contributed by atoms with van der Waals surface area (Å²) in [6, 6.07) is 2.57. The number of carbonyl (C=O) groups is 1. The minimum absolute atomic E-state index is 0.0617. The van der Waals surface area contributed by atoms with Crippen molar-refractivity contribution in [1.29, 1.82) is 0 Å². The minimum Gasteiger partial charge on any atom is -0.507 e. The first-order valence-electron chi connectivity index (χ1n) is 7.09. The monoisotopic (exact) mass is 338 g/mol. The van der Waals surface area contributed by atoms with Crippen LogP contribution in [0.4, 0.5) is 0 Å². The van der Waals surface area contributed by atoms with Crippen molar-refractivity contribution in [2.75, 3.05) is 13.1 Å². The second kappa shape index (κ2) is 6.10. The van der Waals surface area contributed by atoms with Gasteiger partial charge in [-0.1, -0.05) is 16.8 Å².